The van der Waals surface area contributed by atoms with Crippen molar-refractivity contribution < 1.29 is 14.9 Å². The van der Waals surface area contributed by atoms with Crippen LogP contribution in [0.5, 0.6) is 5.75 Å². The van der Waals surface area contributed by atoms with E-state index < -0.39 is 12.2 Å². The van der Waals surface area contributed by atoms with Gasteiger partial charge in [0.1, 0.15) is 11.9 Å². The minimum Gasteiger partial charge on any atom is -0.496 e. The molecule has 1 aromatic carbocycles. The van der Waals surface area contributed by atoms with E-state index in [9.17, 15) is 10.2 Å². The lowest BCUT2D eigenvalue weighted by atomic mass is 10.0. The summed E-state index contributed by atoms with van der Waals surface area (Å²) in [5, 5.41) is 19.5. The van der Waals surface area contributed by atoms with Crippen molar-refractivity contribution in [2.75, 3.05) is 13.0 Å². The molecule has 0 fully saturated rings. The monoisotopic (exact) mass is 244 g/mol. The number of aliphatic hydroxyl groups excluding tert-OH is 2. The summed E-state index contributed by atoms with van der Waals surface area (Å²) in [4.78, 5) is 0. The van der Waals surface area contributed by atoms with E-state index in [0.717, 1.165) is 11.3 Å². The molecule has 0 spiro atoms. The van der Waals surface area contributed by atoms with Gasteiger partial charge in [-0.15, -0.1) is 11.6 Å². The number of alkyl halides is 1. The van der Waals surface area contributed by atoms with Crippen LogP contribution >= 0.6 is 11.6 Å². The number of rotatable bonds is 5. The molecular formula is C12H17ClO3. The predicted molar refractivity (Wildman–Crippen MR) is 64.0 cm³/mol. The van der Waals surface area contributed by atoms with Crippen LogP contribution < -0.4 is 4.74 Å². The van der Waals surface area contributed by atoms with Gasteiger partial charge in [-0.3, -0.25) is 0 Å². The van der Waals surface area contributed by atoms with Gasteiger partial charge in [0.05, 0.1) is 13.2 Å². The molecule has 16 heavy (non-hydrogen) atoms. The molecule has 90 valence electrons. The number of methoxy groups -OCH3 is 1. The van der Waals surface area contributed by atoms with Crippen LogP contribution in [0.25, 0.3) is 0 Å². The van der Waals surface area contributed by atoms with Gasteiger partial charge in [-0.1, -0.05) is 6.07 Å². The molecule has 2 atom stereocenters. The fourth-order valence-corrected chi connectivity index (χ4v) is 1.80. The Morgan fingerprint density at radius 3 is 2.56 bits per heavy atom. The number of aryl methyl sites for hydroxylation is 1. The maximum atomic E-state index is 9.86. The van der Waals surface area contributed by atoms with E-state index in [1.165, 1.54) is 0 Å². The van der Waals surface area contributed by atoms with Gasteiger partial charge in [0.2, 0.25) is 0 Å². The van der Waals surface area contributed by atoms with Crippen molar-refractivity contribution in [3.63, 3.8) is 0 Å². The first kappa shape index (κ1) is 13.3. The molecule has 2 N–H and O–H groups in total. The van der Waals surface area contributed by atoms with Gasteiger partial charge in [-0.2, -0.15) is 0 Å². The van der Waals surface area contributed by atoms with Gasteiger partial charge in [-0.05, 0) is 36.6 Å². The van der Waals surface area contributed by atoms with E-state index in [0.29, 0.717) is 17.9 Å². The first-order valence-electron chi connectivity index (χ1n) is 5.16. The highest BCUT2D eigenvalue weighted by Crippen LogP contribution is 2.25. The van der Waals surface area contributed by atoms with Crippen LogP contribution in [0, 0.1) is 6.92 Å². The number of hydrogen-bond acceptors (Lipinski definition) is 3. The Morgan fingerprint density at radius 2 is 2.06 bits per heavy atom. The van der Waals surface area contributed by atoms with Crippen molar-refractivity contribution >= 4 is 11.6 Å². The molecule has 0 saturated heterocycles. The molecule has 0 aromatic heterocycles. The van der Waals surface area contributed by atoms with Crippen molar-refractivity contribution in [3.8, 4) is 5.75 Å². The maximum absolute atomic E-state index is 9.86. The third-order valence-corrected chi connectivity index (χ3v) is 2.75. The maximum Gasteiger partial charge on any atom is 0.121 e. The summed E-state index contributed by atoms with van der Waals surface area (Å²) in [6, 6.07) is 5.33. The van der Waals surface area contributed by atoms with Crippen molar-refractivity contribution in [2.24, 2.45) is 0 Å². The van der Waals surface area contributed by atoms with Crippen molar-refractivity contribution in [3.05, 3.63) is 29.3 Å². The van der Waals surface area contributed by atoms with E-state index in [1.54, 1.807) is 25.3 Å². The molecule has 0 bridgehead atoms. The third-order valence-electron chi connectivity index (χ3n) is 2.53. The van der Waals surface area contributed by atoms with E-state index >= 15 is 0 Å². The Kier molecular flexibility index (Phi) is 5.06. The molecule has 4 heteroatoms. The minimum atomic E-state index is -0.900. The molecule has 2 unspecified atom stereocenters. The average molecular weight is 245 g/mol. The molecular weight excluding hydrogens is 228 g/mol. The fraction of sp³-hybridized carbons (Fsp3) is 0.500. The van der Waals surface area contributed by atoms with Crippen LogP contribution in [0.2, 0.25) is 0 Å². The fourth-order valence-electron chi connectivity index (χ4n) is 1.58. The topological polar surface area (TPSA) is 49.7 Å². The van der Waals surface area contributed by atoms with Gasteiger partial charge in [0, 0.05) is 5.88 Å². The van der Waals surface area contributed by atoms with Crippen LogP contribution in [0.4, 0.5) is 0 Å². The first-order valence-corrected chi connectivity index (χ1v) is 5.70. The van der Waals surface area contributed by atoms with E-state index in [4.69, 9.17) is 16.3 Å². The lowest BCUT2D eigenvalue weighted by molar-refractivity contribution is 0.0169. The molecule has 0 aliphatic rings. The lowest BCUT2D eigenvalue weighted by Gasteiger charge is -2.18. The van der Waals surface area contributed by atoms with Gasteiger partial charge < -0.3 is 14.9 Å². The number of ether oxygens (including phenoxy) is 1. The standard InChI is InChI=1S/C12H17ClO3/c1-8-7-9(3-4-11(8)16-2)12(15)10(14)5-6-13/h3-4,7,10,12,14-15H,5-6H2,1-2H3. The first-order chi connectivity index (χ1) is 7.60. The largest absolute Gasteiger partial charge is 0.496 e. The Hall–Kier alpha value is -0.770. The van der Waals surface area contributed by atoms with Crippen molar-refractivity contribution in [1.29, 1.82) is 0 Å². The second kappa shape index (κ2) is 6.09. The number of benzene rings is 1. The predicted octanol–water partition coefficient (Wildman–Crippen LogP) is 2.03. The zero-order valence-electron chi connectivity index (χ0n) is 9.48. The Morgan fingerprint density at radius 1 is 1.38 bits per heavy atom. The summed E-state index contributed by atoms with van der Waals surface area (Å²) in [6.45, 7) is 1.89. The number of aliphatic hydroxyl groups is 2. The quantitative estimate of drug-likeness (QED) is 0.780. The van der Waals surface area contributed by atoms with Crippen LogP contribution in [0.15, 0.2) is 18.2 Å². The lowest BCUT2D eigenvalue weighted by Crippen LogP contribution is -2.18. The average Bonchev–Trinajstić information content (AvgIpc) is 2.28. The molecule has 1 aromatic rings. The van der Waals surface area contributed by atoms with Crippen LogP contribution in [-0.4, -0.2) is 29.3 Å². The Bertz CT molecular complexity index is 341. The summed E-state index contributed by atoms with van der Waals surface area (Å²) in [5.41, 5.74) is 1.60. The molecule has 0 heterocycles. The van der Waals surface area contributed by atoms with Gasteiger partial charge in [0.25, 0.3) is 0 Å². The van der Waals surface area contributed by atoms with Gasteiger partial charge in [-0.25, -0.2) is 0 Å². The normalized spacial score (nSPS) is 14.6. The zero-order valence-corrected chi connectivity index (χ0v) is 10.2. The summed E-state index contributed by atoms with van der Waals surface area (Å²) in [6.07, 6.45) is -1.36. The van der Waals surface area contributed by atoms with E-state index in [2.05, 4.69) is 0 Å². The van der Waals surface area contributed by atoms with Crippen LogP contribution in [-0.2, 0) is 0 Å². The highest BCUT2D eigenvalue weighted by atomic mass is 35.5. The highest BCUT2D eigenvalue weighted by molar-refractivity contribution is 6.17. The van der Waals surface area contributed by atoms with Crippen molar-refractivity contribution in [1.82, 2.24) is 0 Å². The highest BCUT2D eigenvalue weighted by Gasteiger charge is 2.18. The second-order valence-corrected chi connectivity index (χ2v) is 4.10. The number of hydrogen-bond donors (Lipinski definition) is 2. The number of halogens is 1. The Balaban J connectivity index is 2.84. The summed E-state index contributed by atoms with van der Waals surface area (Å²) < 4.78 is 5.12. The summed E-state index contributed by atoms with van der Waals surface area (Å²) in [7, 11) is 1.60. The third kappa shape index (κ3) is 3.11. The summed E-state index contributed by atoms with van der Waals surface area (Å²) >= 11 is 5.52. The molecule has 0 amide bonds. The SMILES string of the molecule is COc1ccc(C(O)C(O)CCCl)cc1C. The Labute approximate surface area is 101 Å². The summed E-state index contributed by atoms with van der Waals surface area (Å²) in [5.74, 6) is 1.09. The van der Waals surface area contributed by atoms with E-state index in [-0.39, 0.29) is 0 Å². The molecule has 0 saturated carbocycles. The van der Waals surface area contributed by atoms with Crippen LogP contribution in [0.1, 0.15) is 23.7 Å². The van der Waals surface area contributed by atoms with Crippen LogP contribution in [0.3, 0.4) is 0 Å². The smallest absolute Gasteiger partial charge is 0.121 e. The van der Waals surface area contributed by atoms with Gasteiger partial charge in [0.15, 0.2) is 0 Å². The molecule has 3 nitrogen and oxygen atoms in total. The van der Waals surface area contributed by atoms with Gasteiger partial charge >= 0.3 is 0 Å². The zero-order chi connectivity index (χ0) is 12.1. The molecule has 1 rings (SSSR count). The van der Waals surface area contributed by atoms with Crippen molar-refractivity contribution in [2.45, 2.75) is 25.6 Å². The minimum absolute atomic E-state index is 0.327. The molecule has 0 radical (unpaired) electrons. The molecule has 0 aliphatic heterocycles. The van der Waals surface area contributed by atoms with E-state index in [1.807, 2.05) is 6.92 Å². The molecule has 0 aliphatic carbocycles. The second-order valence-electron chi connectivity index (χ2n) is 3.72.